The van der Waals surface area contributed by atoms with Crippen molar-refractivity contribution in [2.45, 2.75) is 6.18 Å². The number of hydrogen-bond acceptors (Lipinski definition) is 4. The third kappa shape index (κ3) is 3.69. The van der Waals surface area contributed by atoms with Crippen LogP contribution in [0.1, 0.15) is 15.9 Å². The first kappa shape index (κ1) is 17.5. The second-order valence-corrected chi connectivity index (χ2v) is 5.33. The Hall–Kier alpha value is -3.29. The third-order valence-electron chi connectivity index (χ3n) is 3.67. The largest absolute Gasteiger partial charge is 0.497 e. The zero-order chi connectivity index (χ0) is 18.7. The molecule has 1 aromatic heterocycles. The number of amides is 1. The van der Waals surface area contributed by atoms with Crippen molar-refractivity contribution in [2.75, 3.05) is 12.4 Å². The number of halogens is 3. The Balaban J connectivity index is 1.79. The lowest BCUT2D eigenvalue weighted by molar-refractivity contribution is -0.137. The van der Waals surface area contributed by atoms with Crippen molar-refractivity contribution in [3.63, 3.8) is 0 Å². The molecule has 8 heteroatoms. The Morgan fingerprint density at radius 2 is 1.73 bits per heavy atom. The smallest absolute Gasteiger partial charge is 0.416 e. The maximum atomic E-state index is 12.6. The van der Waals surface area contributed by atoms with Crippen molar-refractivity contribution >= 4 is 11.8 Å². The maximum Gasteiger partial charge on any atom is 0.416 e. The van der Waals surface area contributed by atoms with Crippen molar-refractivity contribution in [3.8, 4) is 16.9 Å². The van der Waals surface area contributed by atoms with Crippen LogP contribution in [0.3, 0.4) is 0 Å². The molecule has 5 nitrogen and oxygen atoms in total. The molecule has 26 heavy (non-hydrogen) atoms. The standard InChI is InChI=1S/C18H13F3N2O3/c1-25-14-8-4-11(5-9-14)15-10-22-26-17(15)23-16(24)12-2-6-13(7-3-12)18(19,20)21/h2-10H,1H3,(H,23,24). The van der Waals surface area contributed by atoms with Gasteiger partial charge in [-0.15, -0.1) is 0 Å². The zero-order valence-electron chi connectivity index (χ0n) is 13.5. The quantitative estimate of drug-likeness (QED) is 0.735. The summed E-state index contributed by atoms with van der Waals surface area (Å²) < 4.78 is 47.9. The molecule has 2 aromatic carbocycles. The fourth-order valence-electron chi connectivity index (χ4n) is 2.29. The van der Waals surface area contributed by atoms with Crippen LogP contribution in [0.2, 0.25) is 0 Å². The minimum absolute atomic E-state index is 0.0649. The number of nitrogens with zero attached hydrogens (tertiary/aromatic N) is 1. The molecular weight excluding hydrogens is 349 g/mol. The Morgan fingerprint density at radius 3 is 2.31 bits per heavy atom. The maximum absolute atomic E-state index is 12.6. The Labute approximate surface area is 146 Å². The molecule has 1 amide bonds. The van der Waals surface area contributed by atoms with Crippen molar-refractivity contribution < 1.29 is 27.2 Å². The summed E-state index contributed by atoms with van der Waals surface area (Å²) in [6, 6.07) is 10.9. The van der Waals surface area contributed by atoms with Gasteiger partial charge in [-0.05, 0) is 42.0 Å². The Morgan fingerprint density at radius 1 is 1.08 bits per heavy atom. The van der Waals surface area contributed by atoms with Gasteiger partial charge in [0.25, 0.3) is 5.91 Å². The number of rotatable bonds is 4. The van der Waals surface area contributed by atoms with E-state index in [1.165, 1.54) is 6.20 Å². The molecule has 0 radical (unpaired) electrons. The lowest BCUT2D eigenvalue weighted by Crippen LogP contribution is -2.13. The van der Waals surface area contributed by atoms with Crippen LogP contribution in [0.15, 0.2) is 59.3 Å². The average Bonchev–Trinajstić information content (AvgIpc) is 3.09. The number of ether oxygens (including phenoxy) is 1. The molecule has 0 saturated heterocycles. The van der Waals surface area contributed by atoms with Crippen LogP contribution in [0, 0.1) is 0 Å². The van der Waals surface area contributed by atoms with Gasteiger partial charge in [-0.3, -0.25) is 10.1 Å². The molecule has 0 saturated carbocycles. The zero-order valence-corrected chi connectivity index (χ0v) is 13.5. The molecule has 0 unspecified atom stereocenters. The summed E-state index contributed by atoms with van der Waals surface area (Å²) in [5.41, 5.74) is 0.505. The van der Waals surface area contributed by atoms with Crippen molar-refractivity contribution in [2.24, 2.45) is 0 Å². The van der Waals surface area contributed by atoms with Gasteiger partial charge in [-0.1, -0.05) is 17.3 Å². The molecule has 0 aliphatic carbocycles. The molecule has 0 bridgehead atoms. The van der Waals surface area contributed by atoms with Gasteiger partial charge in [0.1, 0.15) is 5.75 Å². The van der Waals surface area contributed by atoms with Gasteiger partial charge in [-0.2, -0.15) is 13.2 Å². The van der Waals surface area contributed by atoms with Gasteiger partial charge in [-0.25, -0.2) is 0 Å². The Bertz CT molecular complexity index is 901. The van der Waals surface area contributed by atoms with Crippen LogP contribution in [0.5, 0.6) is 5.75 Å². The topological polar surface area (TPSA) is 64.4 Å². The second kappa shape index (κ2) is 6.91. The number of anilines is 1. The fraction of sp³-hybridized carbons (Fsp3) is 0.111. The van der Waals surface area contributed by atoms with Gasteiger partial charge in [0.15, 0.2) is 0 Å². The highest BCUT2D eigenvalue weighted by Crippen LogP contribution is 2.31. The van der Waals surface area contributed by atoms with E-state index in [4.69, 9.17) is 9.26 Å². The Kier molecular flexibility index (Phi) is 4.66. The highest BCUT2D eigenvalue weighted by atomic mass is 19.4. The molecule has 1 heterocycles. The summed E-state index contributed by atoms with van der Waals surface area (Å²) in [5.74, 6) is 0.158. The van der Waals surface area contributed by atoms with E-state index in [1.54, 1.807) is 31.4 Å². The van der Waals surface area contributed by atoms with Crippen LogP contribution in [-0.2, 0) is 6.18 Å². The number of methoxy groups -OCH3 is 1. The van der Waals surface area contributed by atoms with Crippen LogP contribution >= 0.6 is 0 Å². The van der Waals surface area contributed by atoms with Gasteiger partial charge in [0.05, 0.1) is 24.4 Å². The fourth-order valence-corrected chi connectivity index (χ4v) is 2.29. The summed E-state index contributed by atoms with van der Waals surface area (Å²) in [7, 11) is 1.55. The predicted molar refractivity (Wildman–Crippen MR) is 87.9 cm³/mol. The molecule has 134 valence electrons. The van der Waals surface area contributed by atoms with Gasteiger partial charge >= 0.3 is 6.18 Å². The van der Waals surface area contributed by atoms with E-state index in [0.29, 0.717) is 11.3 Å². The third-order valence-corrected chi connectivity index (χ3v) is 3.67. The van der Waals surface area contributed by atoms with E-state index in [0.717, 1.165) is 29.8 Å². The van der Waals surface area contributed by atoms with E-state index in [1.807, 2.05) is 0 Å². The van der Waals surface area contributed by atoms with Crippen LogP contribution in [0.4, 0.5) is 19.1 Å². The molecular formula is C18H13F3N2O3. The summed E-state index contributed by atoms with van der Waals surface area (Å²) in [5, 5.41) is 6.18. The molecule has 3 rings (SSSR count). The van der Waals surface area contributed by atoms with Crippen molar-refractivity contribution in [1.82, 2.24) is 5.16 Å². The summed E-state index contributed by atoms with van der Waals surface area (Å²) in [6.07, 6.45) is -3.02. The normalized spacial score (nSPS) is 11.2. The first-order valence-corrected chi connectivity index (χ1v) is 7.46. The van der Waals surface area contributed by atoms with Crippen molar-refractivity contribution in [1.29, 1.82) is 0 Å². The number of benzene rings is 2. The number of carbonyl (C=O) groups excluding carboxylic acids is 1. The summed E-state index contributed by atoms with van der Waals surface area (Å²) in [6.45, 7) is 0. The van der Waals surface area contributed by atoms with E-state index in [9.17, 15) is 18.0 Å². The highest BCUT2D eigenvalue weighted by Gasteiger charge is 2.30. The van der Waals surface area contributed by atoms with Crippen LogP contribution in [-0.4, -0.2) is 18.2 Å². The monoisotopic (exact) mass is 362 g/mol. The van der Waals surface area contributed by atoms with Crippen molar-refractivity contribution in [3.05, 3.63) is 65.9 Å². The second-order valence-electron chi connectivity index (χ2n) is 5.33. The minimum Gasteiger partial charge on any atom is -0.497 e. The summed E-state index contributed by atoms with van der Waals surface area (Å²) in [4.78, 5) is 12.3. The number of aromatic nitrogens is 1. The molecule has 3 aromatic rings. The van der Waals surface area contributed by atoms with Crippen LogP contribution in [0.25, 0.3) is 11.1 Å². The first-order valence-electron chi connectivity index (χ1n) is 7.46. The summed E-state index contributed by atoms with van der Waals surface area (Å²) >= 11 is 0. The SMILES string of the molecule is COc1ccc(-c2cnoc2NC(=O)c2ccc(C(F)(F)F)cc2)cc1. The van der Waals surface area contributed by atoms with E-state index < -0.39 is 17.6 Å². The van der Waals surface area contributed by atoms with Crippen LogP contribution < -0.4 is 10.1 Å². The molecule has 0 spiro atoms. The lowest BCUT2D eigenvalue weighted by atomic mass is 10.1. The van der Waals surface area contributed by atoms with Gasteiger partial charge in [0, 0.05) is 5.56 Å². The lowest BCUT2D eigenvalue weighted by Gasteiger charge is -2.08. The number of alkyl halides is 3. The number of carbonyl (C=O) groups is 1. The molecule has 0 aliphatic heterocycles. The highest BCUT2D eigenvalue weighted by molar-refractivity contribution is 6.05. The van der Waals surface area contributed by atoms with Gasteiger partial charge in [0.2, 0.25) is 5.88 Å². The van der Waals surface area contributed by atoms with Gasteiger partial charge < -0.3 is 9.26 Å². The minimum atomic E-state index is -4.46. The molecule has 1 N–H and O–H groups in total. The molecule has 0 aliphatic rings. The number of hydrogen-bond donors (Lipinski definition) is 1. The molecule has 0 atom stereocenters. The average molecular weight is 362 g/mol. The number of nitrogens with one attached hydrogen (secondary N) is 1. The molecule has 0 fully saturated rings. The first-order chi connectivity index (χ1) is 12.4. The van der Waals surface area contributed by atoms with E-state index >= 15 is 0 Å². The van der Waals surface area contributed by atoms with E-state index in [-0.39, 0.29) is 11.4 Å². The van der Waals surface area contributed by atoms with E-state index in [2.05, 4.69) is 10.5 Å². The predicted octanol–water partition coefficient (Wildman–Crippen LogP) is 4.62.